The van der Waals surface area contributed by atoms with Crippen LogP contribution in [0.15, 0.2) is 24.4 Å². The van der Waals surface area contributed by atoms with Crippen LogP contribution < -0.4 is 5.73 Å². The fourth-order valence-corrected chi connectivity index (χ4v) is 3.11. The molecule has 0 radical (unpaired) electrons. The van der Waals surface area contributed by atoms with Crippen LogP contribution >= 0.6 is 0 Å². The zero-order valence-corrected chi connectivity index (χ0v) is 13.3. The maximum absolute atomic E-state index is 6.04. The topological polar surface area (TPSA) is 69.6 Å². The Bertz CT molecular complexity index is 584. The van der Waals surface area contributed by atoms with Gasteiger partial charge in [0.15, 0.2) is 5.82 Å². The quantitative estimate of drug-likeness (QED) is 0.921. The molecule has 5 nitrogen and oxygen atoms in total. The number of hydrogen-bond acceptors (Lipinski definition) is 4. The molecule has 0 unspecified atom stereocenters. The molecule has 5 heteroatoms. The first-order valence-corrected chi connectivity index (χ1v) is 8.39. The van der Waals surface area contributed by atoms with Crippen molar-refractivity contribution in [1.29, 1.82) is 0 Å². The summed E-state index contributed by atoms with van der Waals surface area (Å²) in [5, 5.41) is 4.72. The van der Waals surface area contributed by atoms with Crippen molar-refractivity contribution in [3.05, 3.63) is 30.2 Å². The van der Waals surface area contributed by atoms with Crippen molar-refractivity contribution in [3.63, 3.8) is 0 Å². The Morgan fingerprint density at radius 2 is 2.05 bits per heavy atom. The molecule has 1 aliphatic carbocycles. The van der Waals surface area contributed by atoms with Crippen LogP contribution in [0, 0.1) is 0 Å². The van der Waals surface area contributed by atoms with E-state index in [2.05, 4.69) is 16.6 Å². The minimum Gasteiger partial charge on any atom is -0.328 e. The highest BCUT2D eigenvalue weighted by Crippen LogP contribution is 2.32. The Labute approximate surface area is 132 Å². The van der Waals surface area contributed by atoms with Crippen LogP contribution in [0.5, 0.6) is 0 Å². The lowest BCUT2D eigenvalue weighted by Crippen LogP contribution is -2.27. The van der Waals surface area contributed by atoms with E-state index in [1.165, 1.54) is 0 Å². The van der Waals surface area contributed by atoms with E-state index < -0.39 is 0 Å². The van der Waals surface area contributed by atoms with Crippen LogP contribution in [-0.4, -0.2) is 25.8 Å². The Morgan fingerprint density at radius 1 is 1.23 bits per heavy atom. The van der Waals surface area contributed by atoms with Crippen molar-refractivity contribution in [2.75, 3.05) is 0 Å². The van der Waals surface area contributed by atoms with Gasteiger partial charge >= 0.3 is 0 Å². The van der Waals surface area contributed by atoms with E-state index in [0.717, 1.165) is 62.4 Å². The molecule has 2 aromatic heterocycles. The number of rotatable bonds is 5. The van der Waals surface area contributed by atoms with Crippen LogP contribution in [0.1, 0.15) is 57.2 Å². The number of hydrogen-bond donors (Lipinski definition) is 1. The molecule has 1 fully saturated rings. The van der Waals surface area contributed by atoms with Gasteiger partial charge in [-0.15, -0.1) is 5.10 Å². The maximum Gasteiger partial charge on any atom is 0.200 e. The monoisotopic (exact) mass is 299 g/mol. The molecular formula is C17H25N5. The fourth-order valence-electron chi connectivity index (χ4n) is 3.11. The number of unbranched alkanes of at least 4 members (excludes halogenated alkanes) is 1. The summed E-state index contributed by atoms with van der Waals surface area (Å²) in [6.07, 6.45) is 8.50. The molecule has 0 spiro atoms. The minimum atomic E-state index is 0.360. The molecule has 2 heterocycles. The number of nitrogens with zero attached hydrogens (tertiary/aromatic N) is 4. The summed E-state index contributed by atoms with van der Waals surface area (Å²) in [6, 6.07) is 6.23. The average Bonchev–Trinajstić information content (AvgIpc) is 2.98. The SMILES string of the molecule is CCCCn1nc(-c2ccccn2)nc1C1CCC(N)CC1. The van der Waals surface area contributed by atoms with Gasteiger partial charge in [-0.1, -0.05) is 19.4 Å². The van der Waals surface area contributed by atoms with E-state index in [4.69, 9.17) is 15.8 Å². The molecule has 0 saturated heterocycles. The Morgan fingerprint density at radius 3 is 2.73 bits per heavy atom. The Balaban J connectivity index is 1.88. The Hall–Kier alpha value is -1.75. The number of pyridine rings is 1. The smallest absolute Gasteiger partial charge is 0.200 e. The van der Waals surface area contributed by atoms with E-state index in [0.29, 0.717) is 12.0 Å². The highest BCUT2D eigenvalue weighted by atomic mass is 15.4. The third-order valence-electron chi connectivity index (χ3n) is 4.45. The first kappa shape index (κ1) is 15.2. The molecule has 3 rings (SSSR count). The second-order valence-electron chi connectivity index (χ2n) is 6.20. The number of nitrogens with two attached hydrogens (primary N) is 1. The highest BCUT2D eigenvalue weighted by molar-refractivity contribution is 5.47. The van der Waals surface area contributed by atoms with Gasteiger partial charge in [-0.05, 0) is 44.2 Å². The van der Waals surface area contributed by atoms with Crippen molar-refractivity contribution < 1.29 is 0 Å². The summed E-state index contributed by atoms with van der Waals surface area (Å²) in [5.41, 5.74) is 6.89. The van der Waals surface area contributed by atoms with Crippen molar-refractivity contribution >= 4 is 0 Å². The van der Waals surface area contributed by atoms with E-state index in [1.807, 2.05) is 18.2 Å². The first-order chi connectivity index (χ1) is 10.8. The second kappa shape index (κ2) is 7.01. The maximum atomic E-state index is 6.04. The van der Waals surface area contributed by atoms with Gasteiger partial charge in [0.1, 0.15) is 11.5 Å². The molecule has 118 valence electrons. The van der Waals surface area contributed by atoms with E-state index in [-0.39, 0.29) is 0 Å². The highest BCUT2D eigenvalue weighted by Gasteiger charge is 2.25. The molecule has 22 heavy (non-hydrogen) atoms. The number of aryl methyl sites for hydroxylation is 1. The fraction of sp³-hybridized carbons (Fsp3) is 0.588. The van der Waals surface area contributed by atoms with Crippen molar-refractivity contribution in [2.24, 2.45) is 5.73 Å². The van der Waals surface area contributed by atoms with Gasteiger partial charge in [-0.25, -0.2) is 9.67 Å². The lowest BCUT2D eigenvalue weighted by atomic mass is 9.86. The summed E-state index contributed by atoms with van der Waals surface area (Å²) in [6.45, 7) is 3.14. The van der Waals surface area contributed by atoms with E-state index >= 15 is 0 Å². The van der Waals surface area contributed by atoms with E-state index in [9.17, 15) is 0 Å². The van der Waals surface area contributed by atoms with Gasteiger partial charge in [-0.2, -0.15) is 0 Å². The lowest BCUT2D eigenvalue weighted by Gasteiger charge is -2.25. The lowest BCUT2D eigenvalue weighted by molar-refractivity contribution is 0.369. The van der Waals surface area contributed by atoms with Gasteiger partial charge in [0.2, 0.25) is 0 Å². The molecule has 1 aliphatic rings. The van der Waals surface area contributed by atoms with Crippen LogP contribution in [0.3, 0.4) is 0 Å². The zero-order chi connectivity index (χ0) is 15.4. The Kier molecular flexibility index (Phi) is 4.83. The molecule has 1 saturated carbocycles. The minimum absolute atomic E-state index is 0.360. The van der Waals surface area contributed by atoms with Crippen molar-refractivity contribution in [1.82, 2.24) is 19.7 Å². The molecular weight excluding hydrogens is 274 g/mol. The zero-order valence-electron chi connectivity index (χ0n) is 13.3. The molecule has 0 aliphatic heterocycles. The summed E-state index contributed by atoms with van der Waals surface area (Å²) in [5.74, 6) is 2.36. The first-order valence-electron chi connectivity index (χ1n) is 8.39. The van der Waals surface area contributed by atoms with Gasteiger partial charge in [0, 0.05) is 24.7 Å². The summed E-state index contributed by atoms with van der Waals surface area (Å²) in [7, 11) is 0. The summed E-state index contributed by atoms with van der Waals surface area (Å²) in [4.78, 5) is 9.21. The largest absolute Gasteiger partial charge is 0.328 e. The summed E-state index contributed by atoms with van der Waals surface area (Å²) >= 11 is 0. The molecule has 2 aromatic rings. The summed E-state index contributed by atoms with van der Waals surface area (Å²) < 4.78 is 2.11. The molecule has 0 bridgehead atoms. The van der Waals surface area contributed by atoms with Gasteiger partial charge in [0.25, 0.3) is 0 Å². The van der Waals surface area contributed by atoms with Crippen LogP contribution in [0.25, 0.3) is 11.5 Å². The van der Waals surface area contributed by atoms with E-state index in [1.54, 1.807) is 6.20 Å². The molecule has 0 atom stereocenters. The predicted octanol–water partition coefficient (Wildman–Crippen LogP) is 3.13. The molecule has 0 amide bonds. The average molecular weight is 299 g/mol. The van der Waals surface area contributed by atoms with Crippen molar-refractivity contribution in [3.8, 4) is 11.5 Å². The third-order valence-corrected chi connectivity index (χ3v) is 4.45. The van der Waals surface area contributed by atoms with Crippen LogP contribution in [-0.2, 0) is 6.54 Å². The van der Waals surface area contributed by atoms with Gasteiger partial charge < -0.3 is 5.73 Å². The van der Waals surface area contributed by atoms with Crippen molar-refractivity contribution in [2.45, 2.75) is 64.0 Å². The van der Waals surface area contributed by atoms with Gasteiger partial charge in [-0.3, -0.25) is 4.98 Å². The standard InChI is InChI=1S/C17H25N5/c1-2-3-12-22-17(13-7-9-14(18)10-8-13)20-16(21-22)15-6-4-5-11-19-15/h4-6,11,13-14H,2-3,7-10,12,18H2,1H3. The molecule has 2 N–H and O–H groups in total. The van der Waals surface area contributed by atoms with Crippen LogP contribution in [0.4, 0.5) is 0 Å². The predicted molar refractivity (Wildman–Crippen MR) is 87.3 cm³/mol. The third kappa shape index (κ3) is 3.35. The van der Waals surface area contributed by atoms with Gasteiger partial charge in [0.05, 0.1) is 0 Å². The van der Waals surface area contributed by atoms with Crippen LogP contribution in [0.2, 0.25) is 0 Å². The second-order valence-corrected chi connectivity index (χ2v) is 6.20. The normalized spacial score (nSPS) is 21.9. The number of aromatic nitrogens is 4. The molecule has 0 aromatic carbocycles.